The summed E-state index contributed by atoms with van der Waals surface area (Å²) in [5.41, 5.74) is 1.79. The summed E-state index contributed by atoms with van der Waals surface area (Å²) >= 11 is 0. The van der Waals surface area contributed by atoms with Crippen LogP contribution in [-0.2, 0) is 25.8 Å². The van der Waals surface area contributed by atoms with Crippen molar-refractivity contribution in [1.29, 1.82) is 0 Å². The van der Waals surface area contributed by atoms with Gasteiger partial charge in [0, 0.05) is 25.0 Å². The molecule has 184 valence electrons. The molecule has 2 aromatic rings. The van der Waals surface area contributed by atoms with Crippen LogP contribution in [0.4, 0.5) is 0 Å². The summed E-state index contributed by atoms with van der Waals surface area (Å²) in [4.78, 5) is 44.8. The third-order valence-electron chi connectivity index (χ3n) is 7.31. The first-order chi connectivity index (χ1) is 16.7. The molecular formula is C26H28N2O6S. The van der Waals surface area contributed by atoms with E-state index in [2.05, 4.69) is 9.97 Å². The van der Waals surface area contributed by atoms with Crippen molar-refractivity contribution in [2.24, 2.45) is 5.92 Å². The number of aromatic carboxylic acids is 1. The number of benzene rings is 1. The normalized spacial score (nSPS) is 21.1. The number of nitrogens with zero attached hydrogens (tertiary/aromatic N) is 2. The van der Waals surface area contributed by atoms with Gasteiger partial charge in [-0.3, -0.25) is 14.6 Å². The van der Waals surface area contributed by atoms with E-state index in [1.165, 1.54) is 6.20 Å². The van der Waals surface area contributed by atoms with Crippen LogP contribution >= 0.6 is 0 Å². The van der Waals surface area contributed by atoms with Gasteiger partial charge in [-0.15, -0.1) is 0 Å². The highest BCUT2D eigenvalue weighted by Gasteiger charge is 2.41. The van der Waals surface area contributed by atoms with Crippen LogP contribution in [0.5, 0.6) is 0 Å². The van der Waals surface area contributed by atoms with Crippen LogP contribution in [0.3, 0.4) is 0 Å². The molecule has 0 radical (unpaired) electrons. The molecule has 1 N–H and O–H groups in total. The summed E-state index contributed by atoms with van der Waals surface area (Å²) < 4.78 is 26.1. The third-order valence-corrected chi connectivity index (χ3v) is 9.64. The Hall–Kier alpha value is -2.94. The predicted octanol–water partition coefficient (Wildman–Crippen LogP) is 3.64. The third kappa shape index (κ3) is 5.19. The van der Waals surface area contributed by atoms with Crippen LogP contribution in [-0.4, -0.2) is 46.3 Å². The highest BCUT2D eigenvalue weighted by molar-refractivity contribution is 7.92. The van der Waals surface area contributed by atoms with Gasteiger partial charge in [0.25, 0.3) is 0 Å². The number of sulfone groups is 1. The van der Waals surface area contributed by atoms with Gasteiger partial charge in [0.15, 0.2) is 15.5 Å². The van der Waals surface area contributed by atoms with Gasteiger partial charge in [0.2, 0.25) is 0 Å². The Kier molecular flexibility index (Phi) is 6.29. The second-order valence-corrected chi connectivity index (χ2v) is 12.3. The molecule has 8 nitrogen and oxygen atoms in total. The van der Waals surface area contributed by atoms with Crippen LogP contribution in [0.15, 0.2) is 35.5 Å². The van der Waals surface area contributed by atoms with Crippen molar-refractivity contribution in [1.82, 2.24) is 9.97 Å². The van der Waals surface area contributed by atoms with Gasteiger partial charge in [-0.2, -0.15) is 0 Å². The van der Waals surface area contributed by atoms with Gasteiger partial charge >= 0.3 is 5.97 Å². The number of ketones is 2. The number of Topliss-reactive ketones (excluding diaryl/α,β-unsaturated/α-hetero) is 2. The van der Waals surface area contributed by atoms with E-state index >= 15 is 0 Å². The van der Waals surface area contributed by atoms with Crippen molar-refractivity contribution >= 4 is 27.4 Å². The Morgan fingerprint density at radius 3 is 2.40 bits per heavy atom. The van der Waals surface area contributed by atoms with Gasteiger partial charge < -0.3 is 5.11 Å². The molecule has 1 aromatic carbocycles. The Balaban J connectivity index is 1.45. The molecule has 3 aliphatic rings. The molecule has 0 aliphatic heterocycles. The topological polar surface area (TPSA) is 131 Å². The summed E-state index contributed by atoms with van der Waals surface area (Å²) in [7, 11) is -3.35. The van der Waals surface area contributed by atoms with E-state index < -0.39 is 21.7 Å². The van der Waals surface area contributed by atoms with E-state index in [0.717, 1.165) is 36.6 Å². The molecule has 2 atom stereocenters. The van der Waals surface area contributed by atoms with E-state index in [1.54, 1.807) is 12.1 Å². The average Bonchev–Trinajstić information content (AvgIpc) is 3.75. The number of aromatic nitrogens is 2. The fourth-order valence-corrected chi connectivity index (χ4v) is 6.98. The summed E-state index contributed by atoms with van der Waals surface area (Å²) in [6, 6.07) is 5.35. The zero-order chi connectivity index (χ0) is 24.7. The first-order valence-corrected chi connectivity index (χ1v) is 13.7. The summed E-state index contributed by atoms with van der Waals surface area (Å²) in [6.45, 7) is 0. The van der Waals surface area contributed by atoms with Crippen LogP contribution in [0.2, 0.25) is 0 Å². The molecule has 3 aliphatic carbocycles. The van der Waals surface area contributed by atoms with Crippen LogP contribution in [0, 0.1) is 5.92 Å². The number of hydrogen-bond acceptors (Lipinski definition) is 7. The first-order valence-electron chi connectivity index (χ1n) is 12.2. The van der Waals surface area contributed by atoms with E-state index in [-0.39, 0.29) is 40.8 Å². The monoisotopic (exact) mass is 496 g/mol. The van der Waals surface area contributed by atoms with Gasteiger partial charge in [0.05, 0.1) is 28.5 Å². The minimum absolute atomic E-state index is 0.0148. The number of carboxylic acid groups (broad SMARTS) is 1. The van der Waals surface area contributed by atoms with E-state index in [9.17, 15) is 22.8 Å². The molecular weight excluding hydrogens is 468 g/mol. The fraction of sp³-hybridized carbons (Fsp3) is 0.500. The molecule has 9 heteroatoms. The lowest BCUT2D eigenvalue weighted by atomic mass is 9.83. The molecule has 35 heavy (non-hydrogen) atoms. The second kappa shape index (κ2) is 9.26. The van der Waals surface area contributed by atoms with Crippen molar-refractivity contribution < 1.29 is 27.9 Å². The van der Waals surface area contributed by atoms with E-state index in [0.29, 0.717) is 42.7 Å². The molecule has 5 rings (SSSR count). The number of hydrogen-bond donors (Lipinski definition) is 1. The first kappa shape index (κ1) is 23.8. The van der Waals surface area contributed by atoms with Gasteiger partial charge in [-0.1, -0.05) is 12.1 Å². The number of rotatable bonds is 10. The van der Waals surface area contributed by atoms with Crippen LogP contribution in [0.1, 0.15) is 90.5 Å². The molecule has 1 aromatic heterocycles. The van der Waals surface area contributed by atoms with Crippen LogP contribution < -0.4 is 0 Å². The highest BCUT2D eigenvalue weighted by atomic mass is 32.2. The summed E-state index contributed by atoms with van der Waals surface area (Å²) in [5, 5.41) is 8.74. The van der Waals surface area contributed by atoms with Crippen molar-refractivity contribution in [3.63, 3.8) is 0 Å². The standard InChI is InChI=1S/C26H28N2O6S/c29-19-5-1-15(9-19)10-21(24(30)12-18-13-28-23(14-27-18)26(31)32)17-4-8-25(22(11-17)16-2-3-16)35(33,34)20-6-7-20/h4,8,11,13-16,20-21H,1-3,5-7,9-10,12H2,(H,31,32)/t15-,21+/m0/s1. The maximum absolute atomic E-state index is 13.5. The van der Waals surface area contributed by atoms with Gasteiger partial charge in [-0.05, 0) is 67.6 Å². The highest BCUT2D eigenvalue weighted by Crippen LogP contribution is 2.47. The zero-order valence-corrected chi connectivity index (χ0v) is 20.2. The second-order valence-electron chi connectivity index (χ2n) is 10.1. The number of carbonyl (C=O) groups is 3. The van der Waals surface area contributed by atoms with Crippen molar-refractivity contribution in [2.75, 3.05) is 0 Å². The Labute approximate surface area is 204 Å². The smallest absolute Gasteiger partial charge is 0.356 e. The minimum atomic E-state index is -3.35. The van der Waals surface area contributed by atoms with E-state index in [4.69, 9.17) is 5.11 Å². The Morgan fingerprint density at radius 2 is 1.83 bits per heavy atom. The average molecular weight is 497 g/mol. The zero-order valence-electron chi connectivity index (χ0n) is 19.4. The van der Waals surface area contributed by atoms with Crippen molar-refractivity contribution in [3.05, 3.63) is 53.1 Å². The van der Waals surface area contributed by atoms with Crippen LogP contribution in [0.25, 0.3) is 0 Å². The lowest BCUT2D eigenvalue weighted by molar-refractivity contribution is -0.121. The Bertz CT molecular complexity index is 1280. The number of carboxylic acids is 1. The van der Waals surface area contributed by atoms with Crippen molar-refractivity contribution in [2.45, 2.75) is 79.8 Å². The lowest BCUT2D eigenvalue weighted by Gasteiger charge is -2.21. The lowest BCUT2D eigenvalue weighted by Crippen LogP contribution is -2.20. The molecule has 0 unspecified atom stereocenters. The maximum atomic E-state index is 13.5. The Morgan fingerprint density at radius 1 is 1.06 bits per heavy atom. The SMILES string of the molecule is O=C1CC[C@H](C[C@@H](C(=O)Cc2cnc(C(=O)O)cn2)c2ccc(S(=O)(=O)C3CC3)c(C3CC3)c2)C1. The minimum Gasteiger partial charge on any atom is -0.476 e. The maximum Gasteiger partial charge on any atom is 0.356 e. The molecule has 3 saturated carbocycles. The molecule has 1 heterocycles. The van der Waals surface area contributed by atoms with E-state index in [1.807, 2.05) is 6.07 Å². The summed E-state index contributed by atoms with van der Waals surface area (Å²) in [6.07, 6.45) is 7.97. The largest absolute Gasteiger partial charge is 0.476 e. The van der Waals surface area contributed by atoms with Gasteiger partial charge in [0.1, 0.15) is 11.6 Å². The fourth-order valence-electron chi connectivity index (χ4n) is 5.05. The van der Waals surface area contributed by atoms with Crippen molar-refractivity contribution in [3.8, 4) is 0 Å². The molecule has 0 amide bonds. The molecule has 0 saturated heterocycles. The predicted molar refractivity (Wildman–Crippen MR) is 126 cm³/mol. The number of carbonyl (C=O) groups excluding carboxylic acids is 2. The molecule has 0 bridgehead atoms. The summed E-state index contributed by atoms with van der Waals surface area (Å²) in [5.74, 6) is -1.26. The quantitative estimate of drug-likeness (QED) is 0.527. The molecule has 0 spiro atoms. The molecule has 3 fully saturated rings. The van der Waals surface area contributed by atoms with Gasteiger partial charge in [-0.25, -0.2) is 18.2 Å².